The van der Waals surface area contributed by atoms with Crippen molar-refractivity contribution in [2.45, 2.75) is 12.3 Å². The molecule has 0 saturated heterocycles. The molecule has 0 aliphatic heterocycles. The van der Waals surface area contributed by atoms with E-state index in [9.17, 15) is 13.2 Å². The maximum absolute atomic E-state index is 11.0. The smallest absolute Gasteiger partial charge is 0.296 e. The molecule has 0 spiro atoms. The van der Waals surface area contributed by atoms with Gasteiger partial charge >= 0.3 is 0 Å². The van der Waals surface area contributed by atoms with E-state index in [4.69, 9.17) is 12.0 Å². The first-order valence-electron chi connectivity index (χ1n) is 1.39. The molecule has 7 heavy (non-hydrogen) atoms. The minimum Gasteiger partial charge on any atom is -0.357 e. The molecule has 0 aromatic carbocycles. The van der Waals surface area contributed by atoms with E-state index in [-0.39, 0.29) is 0 Å². The Morgan fingerprint density at radius 3 is 1.71 bits per heavy atom. The highest BCUT2D eigenvalue weighted by molar-refractivity contribution is 4.68. The van der Waals surface area contributed by atoms with Crippen molar-refractivity contribution in [2.75, 3.05) is 0 Å². The summed E-state index contributed by atoms with van der Waals surface area (Å²) in [4.78, 5) is 0. The monoisotopic (exact) mass is 111 g/mol. The van der Waals surface area contributed by atoms with Crippen LogP contribution in [-0.4, -0.2) is 17.4 Å². The van der Waals surface area contributed by atoms with Crippen molar-refractivity contribution in [1.82, 2.24) is 0 Å². The Morgan fingerprint density at radius 1 is 1.57 bits per heavy atom. The molecule has 0 aromatic heterocycles. The highest BCUT2D eigenvalue weighted by Gasteiger charge is 2.32. The van der Waals surface area contributed by atoms with Gasteiger partial charge in [0.25, 0.3) is 12.3 Å². The van der Waals surface area contributed by atoms with Crippen LogP contribution in [0.4, 0.5) is 13.2 Å². The van der Waals surface area contributed by atoms with Crippen LogP contribution in [0.2, 0.25) is 0 Å². The lowest BCUT2D eigenvalue weighted by Crippen LogP contribution is -2.27. The quantitative estimate of drug-likeness (QED) is 0.522. The Kier molecular flexibility index (Phi) is 1.63. The van der Waals surface area contributed by atoms with Crippen LogP contribution in [0.15, 0.2) is 0 Å². The minimum atomic E-state index is -4.08. The molecular weight excluding hydrogens is 109 g/mol. The van der Waals surface area contributed by atoms with E-state index in [1.165, 1.54) is 0 Å². The lowest BCUT2D eigenvalue weighted by atomic mass is 10.4. The summed E-state index contributed by atoms with van der Waals surface area (Å²) in [6.07, 6.45) is -3.65. The van der Waals surface area contributed by atoms with Gasteiger partial charge in [-0.3, -0.25) is 0 Å². The molecule has 4 heteroatoms. The van der Waals surface area contributed by atoms with Crippen LogP contribution in [0.3, 0.4) is 0 Å². The molecule has 1 atom stereocenters. The maximum atomic E-state index is 11.0. The van der Waals surface area contributed by atoms with E-state index >= 15 is 0 Å². The molecule has 3 radical (unpaired) electrons. The SMILES string of the molecule is [C]C(O)(F)C(F)F. The Bertz CT molecular complexity index is 55.7. The van der Waals surface area contributed by atoms with E-state index in [1.54, 1.807) is 0 Å². The second kappa shape index (κ2) is 1.69. The van der Waals surface area contributed by atoms with Crippen LogP contribution in [0.1, 0.15) is 0 Å². The third-order valence-corrected chi connectivity index (χ3v) is 0.289. The normalized spacial score (nSPS) is 19.7. The molecule has 1 unspecified atom stereocenters. The maximum Gasteiger partial charge on any atom is 0.296 e. The van der Waals surface area contributed by atoms with E-state index in [0.29, 0.717) is 0 Å². The van der Waals surface area contributed by atoms with Crippen molar-refractivity contribution < 1.29 is 18.3 Å². The molecule has 0 saturated carbocycles. The summed E-state index contributed by atoms with van der Waals surface area (Å²) in [5.74, 6) is -4.08. The summed E-state index contributed by atoms with van der Waals surface area (Å²) in [6.45, 7) is 5.53. The highest BCUT2D eigenvalue weighted by atomic mass is 19.3. The van der Waals surface area contributed by atoms with Crippen LogP contribution in [-0.2, 0) is 0 Å². The van der Waals surface area contributed by atoms with Gasteiger partial charge in [0.2, 0.25) is 0 Å². The van der Waals surface area contributed by atoms with Crippen molar-refractivity contribution in [3.05, 3.63) is 6.92 Å². The van der Waals surface area contributed by atoms with Gasteiger partial charge in [-0.2, -0.15) is 0 Å². The first kappa shape index (κ1) is 6.75. The molecule has 0 heterocycles. The predicted octanol–water partition coefficient (Wildman–Crippen LogP) is 0.498. The zero-order chi connectivity index (χ0) is 6.08. The van der Waals surface area contributed by atoms with E-state index in [1.807, 2.05) is 0 Å². The van der Waals surface area contributed by atoms with Gasteiger partial charge in [0.15, 0.2) is 0 Å². The van der Waals surface area contributed by atoms with Crippen LogP contribution < -0.4 is 0 Å². The van der Waals surface area contributed by atoms with Gasteiger partial charge in [0.1, 0.15) is 0 Å². The minimum absolute atomic E-state index is 3.65. The summed E-state index contributed by atoms with van der Waals surface area (Å²) < 4.78 is 32.4. The molecule has 0 aliphatic rings. The Morgan fingerprint density at radius 2 is 1.71 bits per heavy atom. The Hall–Kier alpha value is -0.250. The first-order chi connectivity index (χ1) is 2.94. The van der Waals surface area contributed by atoms with Crippen molar-refractivity contribution >= 4 is 0 Å². The topological polar surface area (TPSA) is 20.2 Å². The van der Waals surface area contributed by atoms with E-state index < -0.39 is 12.3 Å². The third-order valence-electron chi connectivity index (χ3n) is 0.289. The first-order valence-corrected chi connectivity index (χ1v) is 1.39. The Balaban J connectivity index is 3.54. The van der Waals surface area contributed by atoms with Gasteiger partial charge in [-0.15, -0.1) is 0 Å². The number of alkyl halides is 3. The van der Waals surface area contributed by atoms with Gasteiger partial charge in [-0.05, 0) is 0 Å². The van der Waals surface area contributed by atoms with E-state index in [0.717, 1.165) is 0 Å². The summed E-state index contributed by atoms with van der Waals surface area (Å²) >= 11 is 0. The molecule has 0 rings (SSSR count). The molecule has 0 amide bonds. The summed E-state index contributed by atoms with van der Waals surface area (Å²) in [7, 11) is 0. The summed E-state index contributed by atoms with van der Waals surface area (Å²) in [5, 5.41) is 7.34. The van der Waals surface area contributed by atoms with Crippen LogP contribution in [0, 0.1) is 6.92 Å². The Labute approximate surface area is 38.8 Å². The van der Waals surface area contributed by atoms with E-state index in [2.05, 4.69) is 0 Å². The molecule has 1 nitrogen and oxygen atoms in total. The average Bonchev–Trinajstić information content (AvgIpc) is 1.31. The van der Waals surface area contributed by atoms with Crippen LogP contribution in [0.25, 0.3) is 0 Å². The summed E-state index contributed by atoms with van der Waals surface area (Å²) in [5.41, 5.74) is 0. The third kappa shape index (κ3) is 2.45. The average molecular weight is 111 g/mol. The number of hydrogen-bond donors (Lipinski definition) is 1. The second-order valence-electron chi connectivity index (χ2n) is 0.974. The molecule has 1 N–H and O–H groups in total. The largest absolute Gasteiger partial charge is 0.357 e. The zero-order valence-electron chi connectivity index (χ0n) is 3.16. The lowest BCUT2D eigenvalue weighted by Gasteiger charge is -2.07. The number of hydrogen-bond acceptors (Lipinski definition) is 1. The van der Waals surface area contributed by atoms with Gasteiger partial charge in [-0.1, -0.05) is 0 Å². The molecule has 0 fully saturated rings. The van der Waals surface area contributed by atoms with Gasteiger partial charge < -0.3 is 5.11 Å². The van der Waals surface area contributed by atoms with Crippen molar-refractivity contribution in [3.63, 3.8) is 0 Å². The lowest BCUT2D eigenvalue weighted by molar-refractivity contribution is -0.151. The molecule has 0 aliphatic carbocycles. The fourth-order valence-electron chi connectivity index (χ4n) is 0. The highest BCUT2D eigenvalue weighted by Crippen LogP contribution is 2.14. The molecular formula is C3H2F3O. The number of halogens is 3. The fourth-order valence-corrected chi connectivity index (χ4v) is 0. The van der Waals surface area contributed by atoms with Crippen molar-refractivity contribution in [2.24, 2.45) is 0 Å². The number of rotatable bonds is 1. The molecule has 0 aromatic rings. The standard InChI is InChI=1S/C3H2F3O/c1-3(6,7)2(4)5/h2,7H. The van der Waals surface area contributed by atoms with Crippen LogP contribution >= 0.6 is 0 Å². The molecule has 41 valence electrons. The van der Waals surface area contributed by atoms with Gasteiger partial charge in [0, 0.05) is 0 Å². The zero-order valence-corrected chi connectivity index (χ0v) is 3.16. The number of aliphatic hydroxyl groups is 1. The van der Waals surface area contributed by atoms with Crippen molar-refractivity contribution in [3.8, 4) is 0 Å². The second-order valence-corrected chi connectivity index (χ2v) is 0.974. The van der Waals surface area contributed by atoms with Gasteiger partial charge in [-0.25, -0.2) is 13.2 Å². The summed E-state index contributed by atoms with van der Waals surface area (Å²) in [6, 6.07) is 0. The molecule has 0 bridgehead atoms. The predicted molar refractivity (Wildman–Crippen MR) is 15.3 cm³/mol. The van der Waals surface area contributed by atoms with Gasteiger partial charge in [0.05, 0.1) is 6.92 Å². The van der Waals surface area contributed by atoms with Crippen LogP contribution in [0.5, 0.6) is 0 Å². The van der Waals surface area contributed by atoms with Crippen molar-refractivity contribution in [1.29, 1.82) is 0 Å². The fraction of sp³-hybridized carbons (Fsp3) is 0.667.